The van der Waals surface area contributed by atoms with Gasteiger partial charge in [-0.15, -0.1) is 0 Å². The minimum atomic E-state index is -0.545. The van der Waals surface area contributed by atoms with Gasteiger partial charge in [0.25, 0.3) is 0 Å². The number of benzene rings is 1. The normalized spacial score (nSPS) is 17.8. The summed E-state index contributed by atoms with van der Waals surface area (Å²) >= 11 is 0. The lowest BCUT2D eigenvalue weighted by molar-refractivity contribution is -0.135. The van der Waals surface area contributed by atoms with Crippen molar-refractivity contribution in [2.45, 2.75) is 51.4 Å². The fourth-order valence-electron chi connectivity index (χ4n) is 2.31. The highest BCUT2D eigenvalue weighted by Crippen LogP contribution is 2.43. The topological polar surface area (TPSA) is 93.1 Å². The van der Waals surface area contributed by atoms with E-state index in [9.17, 15) is 19.8 Å². The summed E-state index contributed by atoms with van der Waals surface area (Å²) in [7, 11) is 0. The summed E-state index contributed by atoms with van der Waals surface area (Å²) in [6.45, 7) is 0. The van der Waals surface area contributed by atoms with E-state index in [1.807, 2.05) is 0 Å². The fourth-order valence-corrected chi connectivity index (χ4v) is 2.31. The summed E-state index contributed by atoms with van der Waals surface area (Å²) in [6.07, 6.45) is 5.70. The van der Waals surface area contributed by atoms with E-state index in [4.69, 9.17) is 9.47 Å². The summed E-state index contributed by atoms with van der Waals surface area (Å²) in [4.78, 5) is 23.5. The molecule has 0 radical (unpaired) electrons. The number of carbonyl (C=O) groups excluding carboxylic acids is 2. The standard InChI is InChI=1S/C16H20O6/c17-11-9-10-12-15(20)16(11)22-14(19)8-6-4-2-1-3-5-7-13(18)21-12/h9-10,17,20H,1-8H2. The molecule has 0 aromatic heterocycles. The van der Waals surface area contributed by atoms with Gasteiger partial charge in [0.05, 0.1) is 0 Å². The van der Waals surface area contributed by atoms with Gasteiger partial charge in [-0.3, -0.25) is 9.59 Å². The molecule has 2 bridgehead atoms. The molecule has 0 saturated heterocycles. The van der Waals surface area contributed by atoms with Gasteiger partial charge in [0.2, 0.25) is 11.5 Å². The van der Waals surface area contributed by atoms with Crippen molar-refractivity contribution in [2.24, 2.45) is 0 Å². The summed E-state index contributed by atoms with van der Waals surface area (Å²) in [5.74, 6) is -2.42. The van der Waals surface area contributed by atoms with Crippen LogP contribution in [0.5, 0.6) is 23.0 Å². The number of fused-ring (bicyclic) bond motifs is 2. The molecular formula is C16H20O6. The van der Waals surface area contributed by atoms with Gasteiger partial charge in [-0.1, -0.05) is 25.7 Å². The zero-order chi connectivity index (χ0) is 15.9. The highest BCUT2D eigenvalue weighted by Gasteiger charge is 2.20. The third kappa shape index (κ3) is 4.38. The molecule has 0 saturated carbocycles. The van der Waals surface area contributed by atoms with E-state index in [1.54, 1.807) is 0 Å². The second kappa shape index (κ2) is 7.68. The van der Waals surface area contributed by atoms with Crippen LogP contribution in [0.3, 0.4) is 0 Å². The zero-order valence-corrected chi connectivity index (χ0v) is 12.3. The molecule has 120 valence electrons. The molecule has 6 nitrogen and oxygen atoms in total. The maximum atomic E-state index is 11.7. The van der Waals surface area contributed by atoms with Crippen LogP contribution in [0.25, 0.3) is 0 Å². The Labute approximate surface area is 128 Å². The smallest absolute Gasteiger partial charge is 0.311 e. The number of carbonyl (C=O) groups is 2. The zero-order valence-electron chi connectivity index (χ0n) is 12.3. The Morgan fingerprint density at radius 3 is 1.95 bits per heavy atom. The molecule has 0 spiro atoms. The summed E-state index contributed by atoms with van der Waals surface area (Å²) in [6, 6.07) is 2.47. The van der Waals surface area contributed by atoms with Crippen LogP contribution in [0, 0.1) is 0 Å². The first kappa shape index (κ1) is 16.1. The van der Waals surface area contributed by atoms with E-state index in [0.29, 0.717) is 6.42 Å². The van der Waals surface area contributed by atoms with Gasteiger partial charge in [0.15, 0.2) is 11.5 Å². The number of rotatable bonds is 0. The van der Waals surface area contributed by atoms with Crippen molar-refractivity contribution in [3.8, 4) is 23.0 Å². The van der Waals surface area contributed by atoms with Crippen LogP contribution < -0.4 is 9.47 Å². The van der Waals surface area contributed by atoms with Crippen LogP contribution in [0.2, 0.25) is 0 Å². The number of hydrogen-bond acceptors (Lipinski definition) is 6. The first-order valence-electron chi connectivity index (χ1n) is 7.54. The molecule has 1 aliphatic heterocycles. The Hall–Kier alpha value is -2.24. The molecule has 1 aliphatic rings. The van der Waals surface area contributed by atoms with E-state index < -0.39 is 17.7 Å². The molecule has 1 heterocycles. The number of esters is 2. The molecular weight excluding hydrogens is 288 g/mol. The number of hydrogen-bond donors (Lipinski definition) is 2. The Balaban J connectivity index is 2.21. The Kier molecular flexibility index (Phi) is 5.63. The SMILES string of the molecule is O=C1CCCCCCCCC(=O)Oc2c(O)ccc(c2O)O1. The predicted octanol–water partition coefficient (Wildman–Crippen LogP) is 3.04. The molecule has 1 aromatic rings. The molecule has 0 unspecified atom stereocenters. The van der Waals surface area contributed by atoms with Crippen LogP contribution in [0.15, 0.2) is 12.1 Å². The Morgan fingerprint density at radius 2 is 1.32 bits per heavy atom. The summed E-state index contributed by atoms with van der Waals surface area (Å²) in [5, 5.41) is 19.7. The van der Waals surface area contributed by atoms with Crippen molar-refractivity contribution in [2.75, 3.05) is 0 Å². The second-order valence-electron chi connectivity index (χ2n) is 5.33. The molecule has 0 atom stereocenters. The molecule has 2 N–H and O–H groups in total. The van der Waals surface area contributed by atoms with E-state index in [2.05, 4.69) is 0 Å². The summed E-state index contributed by atoms with van der Waals surface area (Å²) in [5.41, 5.74) is 0. The van der Waals surface area contributed by atoms with Gasteiger partial charge in [0.1, 0.15) is 0 Å². The maximum Gasteiger partial charge on any atom is 0.311 e. The molecule has 0 amide bonds. The van der Waals surface area contributed by atoms with Gasteiger partial charge >= 0.3 is 11.9 Å². The minimum Gasteiger partial charge on any atom is -0.504 e. The quantitative estimate of drug-likeness (QED) is 0.565. The molecule has 1 aromatic carbocycles. The van der Waals surface area contributed by atoms with Crippen LogP contribution in [0.4, 0.5) is 0 Å². The number of phenols is 2. The molecule has 0 aliphatic carbocycles. The number of aromatic hydroxyl groups is 2. The van der Waals surface area contributed by atoms with Gasteiger partial charge in [0, 0.05) is 12.8 Å². The molecule has 2 rings (SSSR count). The van der Waals surface area contributed by atoms with Crippen molar-refractivity contribution < 1.29 is 29.3 Å². The second-order valence-corrected chi connectivity index (χ2v) is 5.33. The van der Waals surface area contributed by atoms with Crippen molar-refractivity contribution in [1.29, 1.82) is 0 Å². The lowest BCUT2D eigenvalue weighted by Gasteiger charge is -2.11. The van der Waals surface area contributed by atoms with Crippen molar-refractivity contribution in [1.82, 2.24) is 0 Å². The van der Waals surface area contributed by atoms with Gasteiger partial charge < -0.3 is 19.7 Å². The van der Waals surface area contributed by atoms with Gasteiger partial charge in [-0.25, -0.2) is 0 Å². The third-order valence-electron chi connectivity index (χ3n) is 3.53. The van der Waals surface area contributed by atoms with Crippen molar-refractivity contribution in [3.05, 3.63) is 12.1 Å². The lowest BCUT2D eigenvalue weighted by Crippen LogP contribution is -2.10. The van der Waals surface area contributed by atoms with Crippen LogP contribution in [-0.2, 0) is 9.59 Å². The highest BCUT2D eigenvalue weighted by atomic mass is 16.6. The van der Waals surface area contributed by atoms with E-state index in [1.165, 1.54) is 12.1 Å². The fraction of sp³-hybridized carbons (Fsp3) is 0.500. The average Bonchev–Trinajstić information content (AvgIpc) is 2.48. The van der Waals surface area contributed by atoms with E-state index in [-0.39, 0.29) is 30.1 Å². The Bertz CT molecular complexity index is 552. The largest absolute Gasteiger partial charge is 0.504 e. The van der Waals surface area contributed by atoms with Crippen LogP contribution >= 0.6 is 0 Å². The van der Waals surface area contributed by atoms with Crippen LogP contribution in [-0.4, -0.2) is 22.2 Å². The maximum absolute atomic E-state index is 11.7. The van der Waals surface area contributed by atoms with E-state index in [0.717, 1.165) is 32.1 Å². The van der Waals surface area contributed by atoms with Gasteiger partial charge in [-0.2, -0.15) is 0 Å². The number of ether oxygens (including phenoxy) is 2. The van der Waals surface area contributed by atoms with E-state index >= 15 is 0 Å². The monoisotopic (exact) mass is 308 g/mol. The lowest BCUT2D eigenvalue weighted by atomic mass is 10.1. The minimum absolute atomic E-state index is 0.125. The van der Waals surface area contributed by atoms with Crippen molar-refractivity contribution >= 4 is 11.9 Å². The number of phenolic OH excluding ortho intramolecular Hbond substituents is 2. The molecule has 22 heavy (non-hydrogen) atoms. The van der Waals surface area contributed by atoms with Crippen molar-refractivity contribution in [3.63, 3.8) is 0 Å². The third-order valence-corrected chi connectivity index (χ3v) is 3.53. The molecule has 6 heteroatoms. The van der Waals surface area contributed by atoms with Crippen LogP contribution in [0.1, 0.15) is 51.4 Å². The Morgan fingerprint density at radius 1 is 0.773 bits per heavy atom. The highest BCUT2D eigenvalue weighted by molar-refractivity contribution is 5.77. The first-order valence-corrected chi connectivity index (χ1v) is 7.54. The van der Waals surface area contributed by atoms with Gasteiger partial charge in [-0.05, 0) is 25.0 Å². The predicted molar refractivity (Wildman–Crippen MR) is 78.0 cm³/mol. The molecule has 0 fully saturated rings. The summed E-state index contributed by atoms with van der Waals surface area (Å²) < 4.78 is 10.1. The average molecular weight is 308 g/mol. The first-order chi connectivity index (χ1) is 10.6.